The summed E-state index contributed by atoms with van der Waals surface area (Å²) in [6.45, 7) is 0.605. The first-order valence-corrected chi connectivity index (χ1v) is 7.67. The summed E-state index contributed by atoms with van der Waals surface area (Å²) in [5.41, 5.74) is 10.7. The lowest BCUT2D eigenvalue weighted by Crippen LogP contribution is -2.00. The molecule has 0 atom stereocenters. The Morgan fingerprint density at radius 2 is 2.12 bits per heavy atom. The Labute approximate surface area is 142 Å². The van der Waals surface area contributed by atoms with Crippen molar-refractivity contribution < 1.29 is 0 Å². The molecule has 0 fully saturated rings. The topological polar surface area (TPSA) is 122 Å². The summed E-state index contributed by atoms with van der Waals surface area (Å²) in [5, 5.41) is 24.1. The molecule has 122 valence electrons. The van der Waals surface area contributed by atoms with E-state index in [1.807, 2.05) is 35.3 Å². The van der Waals surface area contributed by atoms with Crippen LogP contribution in [0.4, 0.5) is 5.82 Å². The number of aromatic nitrogens is 6. The first-order chi connectivity index (χ1) is 12.2. The van der Waals surface area contributed by atoms with Crippen molar-refractivity contribution in [2.75, 3.05) is 5.73 Å². The van der Waals surface area contributed by atoms with Gasteiger partial charge >= 0.3 is 0 Å². The normalized spacial score (nSPS) is 10.8. The minimum atomic E-state index is 0.414. The van der Waals surface area contributed by atoms with Gasteiger partial charge in [-0.2, -0.15) is 20.7 Å². The third kappa shape index (κ3) is 3.03. The second kappa shape index (κ2) is 6.05. The predicted octanol–water partition coefficient (Wildman–Crippen LogP) is 1.64. The van der Waals surface area contributed by atoms with Crippen LogP contribution in [0.1, 0.15) is 22.3 Å². The van der Waals surface area contributed by atoms with E-state index in [1.165, 1.54) is 0 Å². The summed E-state index contributed by atoms with van der Waals surface area (Å²) in [5.74, 6) is 0.414. The standard InChI is InChI=1S/C17H14N8/c18-7-11-2-1-3-12(4-11)9-25-10-13(8-20-25)5-14-6-15(19)21-17-16(14)22-24-23-17/h1-4,6,8,10H,5,9H2,(H3,19,21,22,23,24). The molecule has 0 bridgehead atoms. The minimum absolute atomic E-state index is 0.414. The predicted molar refractivity (Wildman–Crippen MR) is 91.4 cm³/mol. The molecule has 8 nitrogen and oxygen atoms in total. The lowest BCUT2D eigenvalue weighted by Gasteiger charge is -2.03. The number of pyridine rings is 1. The van der Waals surface area contributed by atoms with Gasteiger partial charge in [-0.3, -0.25) is 4.68 Å². The number of hydrogen-bond acceptors (Lipinski definition) is 6. The van der Waals surface area contributed by atoms with E-state index in [9.17, 15) is 0 Å². The van der Waals surface area contributed by atoms with Crippen LogP contribution in [0.2, 0.25) is 0 Å². The van der Waals surface area contributed by atoms with Crippen molar-refractivity contribution in [2.45, 2.75) is 13.0 Å². The number of H-pyrrole nitrogens is 1. The zero-order chi connectivity index (χ0) is 17.2. The Morgan fingerprint density at radius 3 is 3.00 bits per heavy atom. The van der Waals surface area contributed by atoms with E-state index >= 15 is 0 Å². The molecule has 0 saturated heterocycles. The molecule has 0 aliphatic rings. The molecular weight excluding hydrogens is 316 g/mol. The molecule has 4 rings (SSSR count). The number of nitrogens with zero attached hydrogens (tertiary/aromatic N) is 6. The van der Waals surface area contributed by atoms with E-state index < -0.39 is 0 Å². The molecule has 0 spiro atoms. The smallest absolute Gasteiger partial charge is 0.203 e. The lowest BCUT2D eigenvalue weighted by molar-refractivity contribution is 0.686. The highest BCUT2D eigenvalue weighted by molar-refractivity contribution is 5.76. The first-order valence-electron chi connectivity index (χ1n) is 7.67. The Kier molecular flexibility index (Phi) is 3.59. The number of nitrogen functional groups attached to an aromatic ring is 1. The van der Waals surface area contributed by atoms with Crippen molar-refractivity contribution in [3.05, 3.63) is 65.0 Å². The van der Waals surface area contributed by atoms with Crippen LogP contribution < -0.4 is 5.73 Å². The van der Waals surface area contributed by atoms with Gasteiger partial charge in [0.2, 0.25) is 5.65 Å². The van der Waals surface area contributed by atoms with Gasteiger partial charge in [0.15, 0.2) is 0 Å². The molecule has 8 heteroatoms. The second-order valence-corrected chi connectivity index (χ2v) is 5.74. The number of benzene rings is 1. The van der Waals surface area contributed by atoms with Crippen molar-refractivity contribution in [3.8, 4) is 6.07 Å². The van der Waals surface area contributed by atoms with E-state index in [2.05, 4.69) is 31.6 Å². The molecule has 0 unspecified atom stereocenters. The van der Waals surface area contributed by atoms with Gasteiger partial charge in [-0.25, -0.2) is 4.98 Å². The molecular formula is C17H14N8. The summed E-state index contributed by atoms with van der Waals surface area (Å²) in [7, 11) is 0. The number of anilines is 1. The second-order valence-electron chi connectivity index (χ2n) is 5.74. The number of nitrogens with two attached hydrogens (primary N) is 1. The van der Waals surface area contributed by atoms with Crippen molar-refractivity contribution in [2.24, 2.45) is 0 Å². The number of nitriles is 1. The molecule has 3 N–H and O–H groups in total. The molecule has 0 saturated carbocycles. The van der Waals surface area contributed by atoms with Crippen LogP contribution in [0, 0.1) is 11.3 Å². The van der Waals surface area contributed by atoms with Gasteiger partial charge < -0.3 is 5.73 Å². The fraction of sp³-hybridized carbons (Fsp3) is 0.118. The maximum absolute atomic E-state index is 8.99. The van der Waals surface area contributed by atoms with Crippen LogP contribution in [0.5, 0.6) is 0 Å². The quantitative estimate of drug-likeness (QED) is 0.586. The Morgan fingerprint density at radius 1 is 1.20 bits per heavy atom. The molecule has 0 aliphatic heterocycles. The Hall–Kier alpha value is -3.73. The van der Waals surface area contributed by atoms with E-state index in [0.717, 1.165) is 16.7 Å². The molecule has 3 heterocycles. The van der Waals surface area contributed by atoms with E-state index in [1.54, 1.807) is 12.1 Å². The average Bonchev–Trinajstić information content (AvgIpc) is 3.24. The summed E-state index contributed by atoms with van der Waals surface area (Å²) in [4.78, 5) is 4.14. The van der Waals surface area contributed by atoms with E-state index in [-0.39, 0.29) is 0 Å². The van der Waals surface area contributed by atoms with Crippen LogP contribution in [0.3, 0.4) is 0 Å². The third-order valence-corrected chi connectivity index (χ3v) is 3.87. The van der Waals surface area contributed by atoms with E-state index in [0.29, 0.717) is 35.5 Å². The van der Waals surface area contributed by atoms with Crippen LogP contribution >= 0.6 is 0 Å². The summed E-state index contributed by atoms with van der Waals surface area (Å²) in [6.07, 6.45) is 4.42. The van der Waals surface area contributed by atoms with Gasteiger partial charge in [-0.15, -0.1) is 5.10 Å². The summed E-state index contributed by atoms with van der Waals surface area (Å²) in [6, 6.07) is 11.5. The Balaban J connectivity index is 1.57. The first kappa shape index (κ1) is 14.8. The van der Waals surface area contributed by atoms with Crippen molar-refractivity contribution in [3.63, 3.8) is 0 Å². The zero-order valence-electron chi connectivity index (χ0n) is 13.2. The van der Waals surface area contributed by atoms with Crippen LogP contribution in [0.25, 0.3) is 11.2 Å². The van der Waals surface area contributed by atoms with Crippen LogP contribution in [-0.4, -0.2) is 30.2 Å². The van der Waals surface area contributed by atoms with Gasteiger partial charge in [0.25, 0.3) is 0 Å². The van der Waals surface area contributed by atoms with Gasteiger partial charge in [0.05, 0.1) is 24.4 Å². The largest absolute Gasteiger partial charge is 0.384 e. The van der Waals surface area contributed by atoms with Crippen LogP contribution in [0.15, 0.2) is 42.7 Å². The van der Waals surface area contributed by atoms with Crippen molar-refractivity contribution in [1.29, 1.82) is 5.26 Å². The fourth-order valence-electron chi connectivity index (χ4n) is 2.79. The maximum Gasteiger partial charge on any atom is 0.203 e. The third-order valence-electron chi connectivity index (χ3n) is 3.87. The molecule has 25 heavy (non-hydrogen) atoms. The molecule has 0 amide bonds. The summed E-state index contributed by atoms with van der Waals surface area (Å²) < 4.78 is 1.84. The highest BCUT2D eigenvalue weighted by Gasteiger charge is 2.10. The van der Waals surface area contributed by atoms with Crippen molar-refractivity contribution in [1.82, 2.24) is 30.2 Å². The maximum atomic E-state index is 8.99. The molecule has 0 radical (unpaired) electrons. The lowest BCUT2D eigenvalue weighted by atomic mass is 10.1. The fourth-order valence-corrected chi connectivity index (χ4v) is 2.79. The van der Waals surface area contributed by atoms with Crippen LogP contribution in [-0.2, 0) is 13.0 Å². The molecule has 1 aromatic carbocycles. The van der Waals surface area contributed by atoms with Gasteiger partial charge in [-0.05, 0) is 34.9 Å². The number of aromatic amines is 1. The average molecular weight is 330 g/mol. The van der Waals surface area contributed by atoms with Gasteiger partial charge in [0.1, 0.15) is 11.3 Å². The summed E-state index contributed by atoms with van der Waals surface area (Å²) >= 11 is 0. The molecule has 4 aromatic rings. The molecule has 3 aromatic heterocycles. The highest BCUT2D eigenvalue weighted by Crippen LogP contribution is 2.19. The highest BCUT2D eigenvalue weighted by atomic mass is 15.3. The van der Waals surface area contributed by atoms with Gasteiger partial charge in [-0.1, -0.05) is 12.1 Å². The van der Waals surface area contributed by atoms with Gasteiger partial charge in [0, 0.05) is 12.6 Å². The number of fused-ring (bicyclic) bond motifs is 1. The Bertz CT molecular complexity index is 1090. The number of nitrogens with one attached hydrogen (secondary N) is 1. The number of hydrogen-bond donors (Lipinski definition) is 2. The molecule has 0 aliphatic carbocycles. The zero-order valence-corrected chi connectivity index (χ0v) is 13.2. The SMILES string of the molecule is N#Cc1cccc(Cn2cc(Cc3cc(N)nc4n[nH]nc34)cn2)c1. The monoisotopic (exact) mass is 330 g/mol. The minimum Gasteiger partial charge on any atom is -0.384 e. The van der Waals surface area contributed by atoms with E-state index in [4.69, 9.17) is 11.0 Å². The van der Waals surface area contributed by atoms with Crippen molar-refractivity contribution >= 4 is 17.0 Å². The number of rotatable bonds is 4.